The maximum Gasteiger partial charge on any atom is 0.313 e. The SMILES string of the molecule is CCOc1cc(C)c(-c2nc3ccccc3c(=O)n2N=Cc2cc(Cl)cc([N+](=O)[O-])c2OCC)cc1C(C)C. The van der Waals surface area contributed by atoms with E-state index in [0.717, 1.165) is 16.9 Å². The first kappa shape index (κ1) is 27.8. The van der Waals surface area contributed by atoms with Gasteiger partial charge in [0.1, 0.15) is 5.75 Å². The first-order chi connectivity index (χ1) is 18.7. The number of nitro benzene ring substituents is 1. The van der Waals surface area contributed by atoms with Crippen LogP contribution in [0.2, 0.25) is 5.02 Å². The molecule has 0 fully saturated rings. The topological polar surface area (TPSA) is 109 Å². The van der Waals surface area contributed by atoms with Gasteiger partial charge in [-0.15, -0.1) is 0 Å². The quantitative estimate of drug-likeness (QED) is 0.130. The summed E-state index contributed by atoms with van der Waals surface area (Å²) in [4.78, 5) is 29.6. The first-order valence-corrected chi connectivity index (χ1v) is 13.0. The zero-order valence-electron chi connectivity index (χ0n) is 22.4. The number of benzene rings is 3. The molecule has 0 N–H and O–H groups in total. The number of hydrogen-bond acceptors (Lipinski definition) is 7. The second kappa shape index (κ2) is 11.7. The highest BCUT2D eigenvalue weighted by atomic mass is 35.5. The smallest absolute Gasteiger partial charge is 0.313 e. The summed E-state index contributed by atoms with van der Waals surface area (Å²) in [6.45, 7) is 10.4. The van der Waals surface area contributed by atoms with Gasteiger partial charge < -0.3 is 9.47 Å². The second-order valence-corrected chi connectivity index (χ2v) is 9.58. The van der Waals surface area contributed by atoms with Crippen molar-refractivity contribution in [1.82, 2.24) is 9.66 Å². The van der Waals surface area contributed by atoms with E-state index in [1.165, 1.54) is 23.0 Å². The summed E-state index contributed by atoms with van der Waals surface area (Å²) in [6.07, 6.45) is 1.33. The number of nitro groups is 1. The van der Waals surface area contributed by atoms with E-state index in [2.05, 4.69) is 18.9 Å². The summed E-state index contributed by atoms with van der Waals surface area (Å²) < 4.78 is 12.7. The molecule has 1 aromatic heterocycles. The lowest BCUT2D eigenvalue weighted by molar-refractivity contribution is -0.385. The number of aromatic nitrogens is 2. The van der Waals surface area contributed by atoms with Crippen LogP contribution in [0.3, 0.4) is 0 Å². The molecule has 0 aliphatic carbocycles. The van der Waals surface area contributed by atoms with Crippen molar-refractivity contribution in [3.63, 3.8) is 0 Å². The van der Waals surface area contributed by atoms with E-state index in [4.69, 9.17) is 26.1 Å². The molecular formula is C29H29ClN4O5. The molecule has 10 heteroatoms. The summed E-state index contributed by atoms with van der Waals surface area (Å²) in [7, 11) is 0. The highest BCUT2D eigenvalue weighted by Crippen LogP contribution is 2.35. The average Bonchev–Trinajstić information content (AvgIpc) is 2.89. The van der Waals surface area contributed by atoms with Gasteiger partial charge in [0, 0.05) is 22.2 Å². The van der Waals surface area contributed by atoms with Gasteiger partial charge in [0.15, 0.2) is 5.82 Å². The first-order valence-electron chi connectivity index (χ1n) is 12.6. The predicted octanol–water partition coefficient (Wildman–Crippen LogP) is 6.74. The molecule has 0 amide bonds. The van der Waals surface area contributed by atoms with Crippen molar-refractivity contribution in [2.45, 2.75) is 40.5 Å². The van der Waals surface area contributed by atoms with E-state index in [-0.39, 0.29) is 40.1 Å². The van der Waals surface area contributed by atoms with Crippen molar-refractivity contribution in [3.05, 3.63) is 90.7 Å². The Balaban J connectivity index is 2.01. The van der Waals surface area contributed by atoms with E-state index in [1.54, 1.807) is 25.1 Å². The van der Waals surface area contributed by atoms with Gasteiger partial charge in [-0.2, -0.15) is 9.78 Å². The molecule has 0 spiro atoms. The van der Waals surface area contributed by atoms with Crippen LogP contribution in [0.15, 0.2) is 58.4 Å². The minimum Gasteiger partial charge on any atom is -0.494 e. The molecule has 39 heavy (non-hydrogen) atoms. The zero-order valence-corrected chi connectivity index (χ0v) is 23.2. The highest BCUT2D eigenvalue weighted by Gasteiger charge is 2.22. The summed E-state index contributed by atoms with van der Waals surface area (Å²) in [6, 6.07) is 13.7. The third kappa shape index (κ3) is 5.63. The van der Waals surface area contributed by atoms with Gasteiger partial charge in [-0.25, -0.2) is 4.98 Å². The van der Waals surface area contributed by atoms with Crippen LogP contribution >= 0.6 is 11.6 Å². The van der Waals surface area contributed by atoms with Gasteiger partial charge in [-0.1, -0.05) is 37.6 Å². The molecule has 1 heterocycles. The molecule has 0 saturated heterocycles. The van der Waals surface area contributed by atoms with Crippen molar-refractivity contribution in [2.75, 3.05) is 13.2 Å². The Morgan fingerprint density at radius 1 is 1.13 bits per heavy atom. The molecule has 0 aliphatic heterocycles. The van der Waals surface area contributed by atoms with Gasteiger partial charge in [0.25, 0.3) is 5.56 Å². The predicted molar refractivity (Wildman–Crippen MR) is 154 cm³/mol. The summed E-state index contributed by atoms with van der Waals surface area (Å²) in [5.74, 6) is 1.26. The number of rotatable bonds is 9. The fourth-order valence-electron chi connectivity index (χ4n) is 4.33. The number of ether oxygens (including phenoxy) is 2. The Morgan fingerprint density at radius 3 is 2.51 bits per heavy atom. The standard InChI is InChI=1S/C29H29ClN4O5/c1-6-38-26-12-18(5)23(15-22(26)17(3)4)28-32-24-11-9-8-10-21(24)29(35)33(28)31-16-19-13-20(30)14-25(34(36)37)27(19)39-7-2/h8-17H,6-7H2,1-5H3. The van der Waals surface area contributed by atoms with E-state index in [1.807, 2.05) is 32.0 Å². The Kier molecular flexibility index (Phi) is 8.30. The van der Waals surface area contributed by atoms with Gasteiger partial charge in [-0.05, 0) is 68.1 Å². The molecule has 4 aromatic rings. The van der Waals surface area contributed by atoms with Crippen LogP contribution < -0.4 is 15.0 Å². The fraction of sp³-hybridized carbons (Fsp3) is 0.276. The van der Waals surface area contributed by atoms with Gasteiger partial charge in [-0.3, -0.25) is 14.9 Å². The molecule has 0 unspecified atom stereocenters. The third-order valence-corrected chi connectivity index (χ3v) is 6.35. The van der Waals surface area contributed by atoms with E-state index < -0.39 is 4.92 Å². The fourth-order valence-corrected chi connectivity index (χ4v) is 4.55. The lowest BCUT2D eigenvalue weighted by Crippen LogP contribution is -2.21. The van der Waals surface area contributed by atoms with Crippen LogP contribution in [0.5, 0.6) is 11.5 Å². The largest absolute Gasteiger partial charge is 0.494 e. The molecule has 0 aliphatic rings. The van der Waals surface area contributed by atoms with E-state index >= 15 is 0 Å². The van der Waals surface area contributed by atoms with Crippen LogP contribution in [0.4, 0.5) is 5.69 Å². The number of fused-ring (bicyclic) bond motifs is 1. The Labute approximate surface area is 230 Å². The monoisotopic (exact) mass is 548 g/mol. The zero-order chi connectivity index (χ0) is 28.3. The number of aryl methyl sites for hydroxylation is 1. The van der Waals surface area contributed by atoms with Crippen molar-refractivity contribution in [2.24, 2.45) is 5.10 Å². The minimum absolute atomic E-state index is 0.0124. The lowest BCUT2D eigenvalue weighted by Gasteiger charge is -2.18. The van der Waals surface area contributed by atoms with Crippen LogP contribution in [0, 0.1) is 17.0 Å². The number of nitrogens with zero attached hydrogens (tertiary/aromatic N) is 4. The highest BCUT2D eigenvalue weighted by molar-refractivity contribution is 6.31. The molecule has 0 bridgehead atoms. The molecule has 9 nitrogen and oxygen atoms in total. The Bertz CT molecular complexity index is 1650. The van der Waals surface area contributed by atoms with Gasteiger partial charge in [0.2, 0.25) is 5.75 Å². The van der Waals surface area contributed by atoms with E-state index in [9.17, 15) is 14.9 Å². The van der Waals surface area contributed by atoms with Crippen molar-refractivity contribution >= 4 is 34.4 Å². The van der Waals surface area contributed by atoms with Gasteiger partial charge in [0.05, 0.1) is 35.3 Å². The normalized spacial score (nSPS) is 11.5. The second-order valence-electron chi connectivity index (χ2n) is 9.14. The molecule has 0 atom stereocenters. The lowest BCUT2D eigenvalue weighted by atomic mass is 9.96. The average molecular weight is 549 g/mol. The van der Waals surface area contributed by atoms with E-state index in [0.29, 0.717) is 28.9 Å². The molecular weight excluding hydrogens is 520 g/mol. The molecule has 0 saturated carbocycles. The van der Waals surface area contributed by atoms with Crippen LogP contribution in [-0.2, 0) is 0 Å². The Hall–Kier alpha value is -4.24. The number of hydrogen-bond donors (Lipinski definition) is 0. The van der Waals surface area contributed by atoms with Crippen LogP contribution in [-0.4, -0.2) is 34.0 Å². The van der Waals surface area contributed by atoms with Gasteiger partial charge >= 0.3 is 5.69 Å². The molecule has 4 rings (SSSR count). The maximum atomic E-state index is 13.7. The summed E-state index contributed by atoms with van der Waals surface area (Å²) in [5, 5.41) is 16.7. The molecule has 202 valence electrons. The third-order valence-electron chi connectivity index (χ3n) is 6.13. The maximum absolute atomic E-state index is 13.7. The minimum atomic E-state index is -0.569. The summed E-state index contributed by atoms with van der Waals surface area (Å²) in [5.41, 5.74) is 2.64. The van der Waals surface area contributed by atoms with Crippen LogP contribution in [0.1, 0.15) is 50.3 Å². The molecule has 0 radical (unpaired) electrons. The molecule has 3 aromatic carbocycles. The van der Waals surface area contributed by atoms with Crippen molar-refractivity contribution in [3.8, 4) is 22.9 Å². The summed E-state index contributed by atoms with van der Waals surface area (Å²) >= 11 is 6.18. The van der Waals surface area contributed by atoms with Crippen LogP contribution in [0.25, 0.3) is 22.3 Å². The number of para-hydroxylation sites is 1. The Morgan fingerprint density at radius 2 is 1.85 bits per heavy atom. The van der Waals surface area contributed by atoms with Crippen molar-refractivity contribution < 1.29 is 14.4 Å². The van der Waals surface area contributed by atoms with Crippen molar-refractivity contribution in [1.29, 1.82) is 0 Å². The number of halogens is 1.